The summed E-state index contributed by atoms with van der Waals surface area (Å²) in [5.74, 6) is -0.412. The summed E-state index contributed by atoms with van der Waals surface area (Å²) in [7, 11) is 0. The zero-order valence-electron chi connectivity index (χ0n) is 8.95. The van der Waals surface area contributed by atoms with Gasteiger partial charge in [-0.3, -0.25) is 4.79 Å². The molecule has 0 amide bonds. The summed E-state index contributed by atoms with van der Waals surface area (Å²) in [6.45, 7) is 4.82. The van der Waals surface area contributed by atoms with Crippen LogP contribution in [-0.4, -0.2) is 17.6 Å². The zero-order valence-corrected chi connectivity index (χ0v) is 8.95. The lowest BCUT2D eigenvalue weighted by Gasteiger charge is -2.28. The van der Waals surface area contributed by atoms with Crippen LogP contribution >= 0.6 is 0 Å². The van der Waals surface area contributed by atoms with E-state index in [9.17, 15) is 4.79 Å². The maximum atomic E-state index is 11.1. The van der Waals surface area contributed by atoms with Crippen molar-refractivity contribution in [3.8, 4) is 0 Å². The van der Waals surface area contributed by atoms with Crippen LogP contribution in [0.3, 0.4) is 0 Å². The number of aryl methyl sites for hydroxylation is 1. The molecular weight excluding hydrogens is 190 g/mol. The van der Waals surface area contributed by atoms with Crippen molar-refractivity contribution < 1.29 is 9.90 Å². The normalized spacial score (nSPS) is 24.7. The predicted molar refractivity (Wildman–Crippen MR) is 58.0 cm³/mol. The molecule has 2 N–H and O–H groups in total. The molecule has 0 radical (unpaired) electrons. The van der Waals surface area contributed by atoms with E-state index in [0.717, 1.165) is 23.2 Å². The standard InChI is InChI=1S/C12H15NO2/c1-7-3-4-9-8(2)6-13-11(12(14)15)10(9)5-7/h3-5,8,11,13H,6H2,1-2H3,(H,14,15). The van der Waals surface area contributed by atoms with Gasteiger partial charge in [-0.15, -0.1) is 0 Å². The van der Waals surface area contributed by atoms with Gasteiger partial charge in [-0.2, -0.15) is 0 Å². The molecule has 0 aromatic heterocycles. The molecule has 2 unspecified atom stereocenters. The Morgan fingerprint density at radius 3 is 2.87 bits per heavy atom. The summed E-state index contributed by atoms with van der Waals surface area (Å²) in [5, 5.41) is 12.2. The number of rotatable bonds is 1. The van der Waals surface area contributed by atoms with E-state index < -0.39 is 12.0 Å². The fourth-order valence-electron chi connectivity index (χ4n) is 2.13. The summed E-state index contributed by atoms with van der Waals surface area (Å²) in [4.78, 5) is 11.1. The number of hydrogen-bond acceptors (Lipinski definition) is 2. The fourth-order valence-corrected chi connectivity index (χ4v) is 2.13. The highest BCUT2D eigenvalue weighted by Gasteiger charge is 2.28. The highest BCUT2D eigenvalue weighted by atomic mass is 16.4. The van der Waals surface area contributed by atoms with Crippen LogP contribution < -0.4 is 5.32 Å². The molecule has 0 saturated carbocycles. The minimum Gasteiger partial charge on any atom is -0.480 e. The van der Waals surface area contributed by atoms with Crippen molar-refractivity contribution in [1.82, 2.24) is 5.32 Å². The molecule has 3 heteroatoms. The summed E-state index contributed by atoms with van der Waals surface area (Å²) in [5.41, 5.74) is 3.18. The molecule has 2 rings (SSSR count). The fraction of sp³-hybridized carbons (Fsp3) is 0.417. The van der Waals surface area contributed by atoms with E-state index >= 15 is 0 Å². The maximum absolute atomic E-state index is 11.1. The molecule has 2 atom stereocenters. The van der Waals surface area contributed by atoms with Crippen molar-refractivity contribution in [3.63, 3.8) is 0 Å². The number of fused-ring (bicyclic) bond motifs is 1. The molecule has 15 heavy (non-hydrogen) atoms. The quantitative estimate of drug-likeness (QED) is 0.735. The number of aliphatic carboxylic acids is 1. The SMILES string of the molecule is Cc1ccc2c(c1)C(C(=O)O)NCC2C. The first-order chi connectivity index (χ1) is 7.09. The molecule has 0 aliphatic carbocycles. The third-order valence-electron chi connectivity index (χ3n) is 2.96. The molecule has 1 aromatic rings. The van der Waals surface area contributed by atoms with Crippen LogP contribution in [0.4, 0.5) is 0 Å². The van der Waals surface area contributed by atoms with Gasteiger partial charge in [-0.05, 0) is 24.0 Å². The molecule has 80 valence electrons. The molecule has 1 aliphatic rings. The second-order valence-electron chi connectivity index (χ2n) is 4.21. The topological polar surface area (TPSA) is 49.3 Å². The Bertz CT molecular complexity index is 401. The number of carboxylic acid groups (broad SMARTS) is 1. The maximum Gasteiger partial charge on any atom is 0.325 e. The lowest BCUT2D eigenvalue weighted by atomic mass is 9.87. The van der Waals surface area contributed by atoms with Crippen molar-refractivity contribution in [1.29, 1.82) is 0 Å². The van der Waals surface area contributed by atoms with Crippen molar-refractivity contribution in [3.05, 3.63) is 34.9 Å². The average molecular weight is 205 g/mol. The predicted octanol–water partition coefficient (Wildman–Crippen LogP) is 1.83. The Morgan fingerprint density at radius 2 is 2.20 bits per heavy atom. The molecule has 0 bridgehead atoms. The van der Waals surface area contributed by atoms with Crippen LogP contribution in [0.1, 0.15) is 35.6 Å². The van der Waals surface area contributed by atoms with E-state index in [2.05, 4.69) is 12.2 Å². The van der Waals surface area contributed by atoms with E-state index in [4.69, 9.17) is 5.11 Å². The summed E-state index contributed by atoms with van der Waals surface area (Å²) >= 11 is 0. The molecule has 0 saturated heterocycles. The summed E-state index contributed by atoms with van der Waals surface area (Å²) < 4.78 is 0. The van der Waals surface area contributed by atoms with Crippen LogP contribution in [0.25, 0.3) is 0 Å². The van der Waals surface area contributed by atoms with E-state index in [1.165, 1.54) is 0 Å². The first kappa shape index (κ1) is 10.2. The number of carbonyl (C=O) groups is 1. The Kier molecular flexibility index (Phi) is 2.49. The van der Waals surface area contributed by atoms with Gasteiger partial charge in [0, 0.05) is 6.54 Å². The van der Waals surface area contributed by atoms with Crippen LogP contribution in [0, 0.1) is 6.92 Å². The lowest BCUT2D eigenvalue weighted by molar-refractivity contribution is -0.139. The van der Waals surface area contributed by atoms with Crippen molar-refractivity contribution >= 4 is 5.97 Å². The minimum absolute atomic E-state index is 0.385. The minimum atomic E-state index is -0.797. The average Bonchev–Trinajstić information content (AvgIpc) is 2.17. The number of nitrogens with one attached hydrogen (secondary N) is 1. The molecule has 3 nitrogen and oxygen atoms in total. The number of carboxylic acids is 1. The second-order valence-corrected chi connectivity index (χ2v) is 4.21. The van der Waals surface area contributed by atoms with Crippen molar-refractivity contribution in [2.24, 2.45) is 0 Å². The van der Waals surface area contributed by atoms with Crippen LogP contribution in [-0.2, 0) is 4.79 Å². The third kappa shape index (κ3) is 1.75. The molecule has 0 fully saturated rings. The zero-order chi connectivity index (χ0) is 11.0. The van der Waals surface area contributed by atoms with Gasteiger partial charge in [-0.25, -0.2) is 0 Å². The van der Waals surface area contributed by atoms with Gasteiger partial charge in [0.05, 0.1) is 0 Å². The van der Waals surface area contributed by atoms with Gasteiger partial charge in [0.2, 0.25) is 0 Å². The number of benzene rings is 1. The van der Waals surface area contributed by atoms with Gasteiger partial charge in [0.1, 0.15) is 6.04 Å². The van der Waals surface area contributed by atoms with Gasteiger partial charge in [-0.1, -0.05) is 30.7 Å². The van der Waals surface area contributed by atoms with Gasteiger partial charge in [0.15, 0.2) is 0 Å². The molecule has 1 heterocycles. The highest BCUT2D eigenvalue weighted by molar-refractivity contribution is 5.76. The lowest BCUT2D eigenvalue weighted by Crippen LogP contribution is -2.36. The van der Waals surface area contributed by atoms with E-state index in [1.807, 2.05) is 25.1 Å². The van der Waals surface area contributed by atoms with E-state index in [1.54, 1.807) is 0 Å². The largest absolute Gasteiger partial charge is 0.480 e. The first-order valence-corrected chi connectivity index (χ1v) is 5.16. The Labute approximate surface area is 89.1 Å². The van der Waals surface area contributed by atoms with Crippen LogP contribution in [0.2, 0.25) is 0 Å². The third-order valence-corrected chi connectivity index (χ3v) is 2.96. The van der Waals surface area contributed by atoms with Crippen molar-refractivity contribution in [2.75, 3.05) is 6.54 Å². The highest BCUT2D eigenvalue weighted by Crippen LogP contribution is 2.30. The summed E-state index contributed by atoms with van der Waals surface area (Å²) in [6, 6.07) is 5.51. The number of hydrogen-bond donors (Lipinski definition) is 2. The monoisotopic (exact) mass is 205 g/mol. The molecule has 1 aromatic carbocycles. The Hall–Kier alpha value is -1.35. The van der Waals surface area contributed by atoms with Crippen LogP contribution in [0.5, 0.6) is 0 Å². The van der Waals surface area contributed by atoms with Crippen molar-refractivity contribution in [2.45, 2.75) is 25.8 Å². The first-order valence-electron chi connectivity index (χ1n) is 5.16. The summed E-state index contributed by atoms with van der Waals surface area (Å²) in [6.07, 6.45) is 0. The van der Waals surface area contributed by atoms with E-state index in [-0.39, 0.29) is 0 Å². The Balaban J connectivity index is 2.51. The van der Waals surface area contributed by atoms with Gasteiger partial charge in [0.25, 0.3) is 0 Å². The second kappa shape index (κ2) is 3.66. The molecule has 1 aliphatic heterocycles. The van der Waals surface area contributed by atoms with E-state index in [0.29, 0.717) is 5.92 Å². The molecular formula is C12H15NO2. The smallest absolute Gasteiger partial charge is 0.325 e. The van der Waals surface area contributed by atoms with Crippen LogP contribution in [0.15, 0.2) is 18.2 Å². The van der Waals surface area contributed by atoms with Gasteiger partial charge >= 0.3 is 5.97 Å². The van der Waals surface area contributed by atoms with Gasteiger partial charge < -0.3 is 10.4 Å². The Morgan fingerprint density at radius 1 is 1.47 bits per heavy atom. The molecule has 0 spiro atoms.